The molecule has 2 nitrogen and oxygen atoms in total. The molecule has 0 spiro atoms. The van der Waals surface area contributed by atoms with Gasteiger partial charge in [-0.25, -0.2) is 0 Å². The van der Waals surface area contributed by atoms with Gasteiger partial charge in [0.2, 0.25) is 0 Å². The summed E-state index contributed by atoms with van der Waals surface area (Å²) in [6, 6.07) is 8.45. The first-order valence-electron chi connectivity index (χ1n) is 6.19. The number of hydrogen-bond acceptors (Lipinski definition) is 3. The van der Waals surface area contributed by atoms with Crippen molar-refractivity contribution >= 4 is 17.4 Å². The van der Waals surface area contributed by atoms with Gasteiger partial charge in [-0.15, -0.1) is 0 Å². The number of alkyl halides is 3. The molecule has 0 atom stereocenters. The molecule has 1 aromatic rings. The third-order valence-corrected chi connectivity index (χ3v) is 3.59. The van der Waals surface area contributed by atoms with E-state index >= 15 is 0 Å². The standard InChI is InChI=1S/C14H17F3N2S/c1-13(2,8-5-9-18)10-19-11-6-3-4-7-12(11)20-14(15,16)17/h3-4,6-7,19H,5,8,10H2,1-2H3. The van der Waals surface area contributed by atoms with E-state index in [1.807, 2.05) is 13.8 Å². The second-order valence-corrected chi connectivity index (χ2v) is 6.33. The van der Waals surface area contributed by atoms with Crippen molar-refractivity contribution in [2.24, 2.45) is 5.41 Å². The summed E-state index contributed by atoms with van der Waals surface area (Å²) in [5, 5.41) is 11.6. The number of anilines is 1. The van der Waals surface area contributed by atoms with Crippen LogP contribution in [-0.2, 0) is 0 Å². The van der Waals surface area contributed by atoms with E-state index in [1.54, 1.807) is 18.2 Å². The number of para-hydroxylation sites is 1. The van der Waals surface area contributed by atoms with Crippen LogP contribution in [0, 0.1) is 16.7 Å². The van der Waals surface area contributed by atoms with E-state index in [-0.39, 0.29) is 22.1 Å². The number of nitrogens with zero attached hydrogens (tertiary/aromatic N) is 1. The Morgan fingerprint density at radius 2 is 1.90 bits per heavy atom. The minimum absolute atomic E-state index is 0.119. The molecule has 1 N–H and O–H groups in total. The number of thioether (sulfide) groups is 1. The average Bonchev–Trinajstić information content (AvgIpc) is 2.34. The van der Waals surface area contributed by atoms with Crippen LogP contribution in [0.5, 0.6) is 0 Å². The monoisotopic (exact) mass is 302 g/mol. The number of rotatable bonds is 6. The number of benzene rings is 1. The van der Waals surface area contributed by atoms with Gasteiger partial charge < -0.3 is 5.32 Å². The SMILES string of the molecule is CC(C)(CCC#N)CNc1ccccc1SC(F)(F)F. The van der Waals surface area contributed by atoms with Crippen LogP contribution in [-0.4, -0.2) is 12.1 Å². The largest absolute Gasteiger partial charge is 0.446 e. The predicted octanol–water partition coefficient (Wildman–Crippen LogP) is 5.04. The molecular weight excluding hydrogens is 285 g/mol. The summed E-state index contributed by atoms with van der Waals surface area (Å²) in [4.78, 5) is 0.163. The molecule has 0 amide bonds. The Balaban J connectivity index is 2.71. The Labute approximate surface area is 121 Å². The number of nitrogens with one attached hydrogen (secondary N) is 1. The Kier molecular flexibility index (Phi) is 5.75. The van der Waals surface area contributed by atoms with E-state index in [2.05, 4.69) is 11.4 Å². The third kappa shape index (κ3) is 6.20. The average molecular weight is 302 g/mol. The maximum Gasteiger partial charge on any atom is 0.446 e. The zero-order valence-corrected chi connectivity index (χ0v) is 12.2. The van der Waals surface area contributed by atoms with Crippen LogP contribution in [0.1, 0.15) is 26.7 Å². The maximum atomic E-state index is 12.5. The summed E-state index contributed by atoms with van der Waals surface area (Å²) in [6.45, 7) is 4.48. The Morgan fingerprint density at radius 3 is 2.50 bits per heavy atom. The van der Waals surface area contributed by atoms with Gasteiger partial charge in [-0.3, -0.25) is 0 Å². The molecule has 0 fully saturated rings. The quantitative estimate of drug-likeness (QED) is 0.748. The maximum absolute atomic E-state index is 12.5. The van der Waals surface area contributed by atoms with Crippen molar-refractivity contribution in [3.05, 3.63) is 24.3 Å². The van der Waals surface area contributed by atoms with Crippen LogP contribution in [0.4, 0.5) is 18.9 Å². The summed E-state index contributed by atoms with van der Waals surface area (Å²) in [6.07, 6.45) is 1.14. The van der Waals surface area contributed by atoms with Crippen molar-refractivity contribution in [2.75, 3.05) is 11.9 Å². The lowest BCUT2D eigenvalue weighted by molar-refractivity contribution is -0.0327. The second-order valence-electron chi connectivity index (χ2n) is 5.22. The van der Waals surface area contributed by atoms with Crippen LogP contribution >= 0.6 is 11.8 Å². The van der Waals surface area contributed by atoms with Gasteiger partial charge in [0, 0.05) is 23.5 Å². The summed E-state index contributed by atoms with van der Waals surface area (Å²) < 4.78 is 37.4. The molecule has 0 aliphatic rings. The summed E-state index contributed by atoms with van der Waals surface area (Å²) in [5.41, 5.74) is -3.97. The number of halogens is 3. The lowest BCUT2D eigenvalue weighted by atomic mass is 9.88. The van der Waals surface area contributed by atoms with Crippen molar-refractivity contribution in [1.29, 1.82) is 5.26 Å². The zero-order chi connectivity index (χ0) is 15.2. The van der Waals surface area contributed by atoms with Crippen molar-refractivity contribution in [3.8, 4) is 6.07 Å². The van der Waals surface area contributed by atoms with Gasteiger partial charge in [-0.1, -0.05) is 26.0 Å². The molecule has 110 valence electrons. The van der Waals surface area contributed by atoms with Gasteiger partial charge in [0.05, 0.1) is 6.07 Å². The molecule has 1 aromatic carbocycles. The lowest BCUT2D eigenvalue weighted by Gasteiger charge is -2.25. The van der Waals surface area contributed by atoms with E-state index in [1.165, 1.54) is 6.07 Å². The zero-order valence-electron chi connectivity index (χ0n) is 11.4. The van der Waals surface area contributed by atoms with Crippen molar-refractivity contribution in [2.45, 2.75) is 37.1 Å². The second kappa shape index (κ2) is 6.89. The third-order valence-electron chi connectivity index (χ3n) is 2.78. The molecule has 20 heavy (non-hydrogen) atoms. The van der Waals surface area contributed by atoms with Crippen LogP contribution in [0.15, 0.2) is 29.2 Å². The topological polar surface area (TPSA) is 35.8 Å². The number of nitriles is 1. The van der Waals surface area contributed by atoms with E-state index in [4.69, 9.17) is 5.26 Å². The first-order valence-corrected chi connectivity index (χ1v) is 7.01. The highest BCUT2D eigenvalue weighted by molar-refractivity contribution is 8.00. The first-order chi connectivity index (χ1) is 9.23. The fourth-order valence-corrected chi connectivity index (χ4v) is 2.29. The molecule has 0 aromatic heterocycles. The van der Waals surface area contributed by atoms with Gasteiger partial charge >= 0.3 is 5.51 Å². The van der Waals surface area contributed by atoms with Crippen LogP contribution < -0.4 is 5.32 Å². The van der Waals surface area contributed by atoms with Gasteiger partial charge in [0.15, 0.2) is 0 Å². The van der Waals surface area contributed by atoms with E-state index in [0.29, 0.717) is 25.1 Å². The van der Waals surface area contributed by atoms with E-state index < -0.39 is 5.51 Å². The molecule has 6 heteroatoms. The highest BCUT2D eigenvalue weighted by Crippen LogP contribution is 2.40. The smallest absolute Gasteiger partial charge is 0.384 e. The normalized spacial score (nSPS) is 12.0. The fraction of sp³-hybridized carbons (Fsp3) is 0.500. The van der Waals surface area contributed by atoms with Gasteiger partial charge in [-0.05, 0) is 35.7 Å². The Hall–Kier alpha value is -1.35. The summed E-state index contributed by atoms with van der Waals surface area (Å²) in [5.74, 6) is 0. The highest BCUT2D eigenvalue weighted by Gasteiger charge is 2.30. The molecule has 0 unspecified atom stereocenters. The van der Waals surface area contributed by atoms with Gasteiger partial charge in [0.25, 0.3) is 0 Å². The van der Waals surface area contributed by atoms with E-state index in [9.17, 15) is 13.2 Å². The van der Waals surface area contributed by atoms with Gasteiger partial charge in [-0.2, -0.15) is 18.4 Å². The minimum atomic E-state index is -4.30. The molecule has 0 bridgehead atoms. The fourth-order valence-electron chi connectivity index (χ4n) is 1.64. The van der Waals surface area contributed by atoms with Crippen LogP contribution in [0.3, 0.4) is 0 Å². The van der Waals surface area contributed by atoms with Crippen molar-refractivity contribution < 1.29 is 13.2 Å². The molecule has 0 saturated heterocycles. The molecule has 0 radical (unpaired) electrons. The molecule has 0 aliphatic carbocycles. The molecule has 0 aliphatic heterocycles. The lowest BCUT2D eigenvalue weighted by Crippen LogP contribution is -2.23. The van der Waals surface area contributed by atoms with Crippen molar-refractivity contribution in [1.82, 2.24) is 0 Å². The molecular formula is C14H17F3N2S. The highest BCUT2D eigenvalue weighted by atomic mass is 32.2. The first kappa shape index (κ1) is 16.7. The molecule has 0 heterocycles. The summed E-state index contributed by atoms with van der Waals surface area (Å²) in [7, 11) is 0. The van der Waals surface area contributed by atoms with Gasteiger partial charge in [0.1, 0.15) is 0 Å². The molecule has 1 rings (SSSR count). The number of hydrogen-bond donors (Lipinski definition) is 1. The van der Waals surface area contributed by atoms with E-state index in [0.717, 1.165) is 0 Å². The van der Waals surface area contributed by atoms with Crippen LogP contribution in [0.25, 0.3) is 0 Å². The van der Waals surface area contributed by atoms with Crippen molar-refractivity contribution in [3.63, 3.8) is 0 Å². The summed E-state index contributed by atoms with van der Waals surface area (Å²) >= 11 is -0.119. The molecule has 0 saturated carbocycles. The van der Waals surface area contributed by atoms with Crippen LogP contribution in [0.2, 0.25) is 0 Å². The Bertz CT molecular complexity index is 478. The Morgan fingerprint density at radius 1 is 1.25 bits per heavy atom. The minimum Gasteiger partial charge on any atom is -0.384 e. The predicted molar refractivity (Wildman–Crippen MR) is 75.5 cm³/mol.